The highest BCUT2D eigenvalue weighted by Crippen LogP contribution is 2.18. The van der Waals surface area contributed by atoms with Crippen LogP contribution in [0.15, 0.2) is 17.3 Å². The number of rotatable bonds is 8. The normalized spacial score (nSPS) is 13.9. The van der Waals surface area contributed by atoms with Crippen LogP contribution in [-0.4, -0.2) is 54.1 Å². The third-order valence-corrected chi connectivity index (χ3v) is 5.57. The highest BCUT2D eigenvalue weighted by Gasteiger charge is 2.26. The summed E-state index contributed by atoms with van der Waals surface area (Å²) in [6.07, 6.45) is 5.74. The van der Waals surface area contributed by atoms with Gasteiger partial charge in [-0.15, -0.1) is 0 Å². The minimum absolute atomic E-state index is 0.0321. The molecule has 19 heavy (non-hydrogen) atoms. The summed E-state index contributed by atoms with van der Waals surface area (Å²) in [4.78, 5) is 0.222. The van der Waals surface area contributed by atoms with E-state index in [-0.39, 0.29) is 10.9 Å². The molecule has 8 heteroatoms. The van der Waals surface area contributed by atoms with E-state index in [1.165, 1.54) is 16.7 Å². The van der Waals surface area contributed by atoms with E-state index < -0.39 is 10.0 Å². The van der Waals surface area contributed by atoms with Crippen LogP contribution in [-0.2, 0) is 16.6 Å². The molecule has 0 amide bonds. The van der Waals surface area contributed by atoms with Gasteiger partial charge in [0.1, 0.15) is 4.90 Å². The van der Waals surface area contributed by atoms with E-state index in [2.05, 4.69) is 5.10 Å². The molecule has 0 spiro atoms. The molecule has 1 rings (SSSR count). The van der Waals surface area contributed by atoms with Gasteiger partial charge in [-0.1, -0.05) is 0 Å². The Labute approximate surface area is 119 Å². The zero-order valence-corrected chi connectivity index (χ0v) is 13.2. The predicted octanol–water partition coefficient (Wildman–Crippen LogP) is 0.604. The molecule has 6 nitrogen and oxygen atoms in total. The molecule has 0 aromatic carbocycles. The van der Waals surface area contributed by atoms with E-state index in [0.29, 0.717) is 13.1 Å². The van der Waals surface area contributed by atoms with Crippen molar-refractivity contribution in [1.29, 1.82) is 0 Å². The molecule has 0 bridgehead atoms. The summed E-state index contributed by atoms with van der Waals surface area (Å²) in [5.74, 6) is 0.938. The molecular formula is C11H22N4O2S2. The number of hydrogen-bond donors (Lipinski definition) is 1. The van der Waals surface area contributed by atoms with Crippen molar-refractivity contribution in [2.75, 3.05) is 25.6 Å². The Morgan fingerprint density at radius 2 is 2.26 bits per heavy atom. The van der Waals surface area contributed by atoms with Crippen LogP contribution in [0.3, 0.4) is 0 Å². The fraction of sp³-hybridized carbons (Fsp3) is 0.727. The fourth-order valence-corrected chi connectivity index (χ4v) is 3.53. The lowest BCUT2D eigenvalue weighted by molar-refractivity contribution is 0.382. The first-order valence-corrected chi connectivity index (χ1v) is 8.96. The second-order valence-corrected chi connectivity index (χ2v) is 7.36. The van der Waals surface area contributed by atoms with Gasteiger partial charge in [-0.3, -0.25) is 4.68 Å². The van der Waals surface area contributed by atoms with Crippen molar-refractivity contribution in [1.82, 2.24) is 14.1 Å². The monoisotopic (exact) mass is 306 g/mol. The average molecular weight is 306 g/mol. The van der Waals surface area contributed by atoms with E-state index in [9.17, 15) is 8.42 Å². The summed E-state index contributed by atoms with van der Waals surface area (Å²) < 4.78 is 27.7. The molecule has 1 heterocycles. The van der Waals surface area contributed by atoms with Crippen LogP contribution in [0, 0.1) is 0 Å². The van der Waals surface area contributed by atoms with Crippen LogP contribution < -0.4 is 5.73 Å². The topological polar surface area (TPSA) is 81.2 Å². The van der Waals surface area contributed by atoms with E-state index in [1.54, 1.807) is 23.5 Å². The van der Waals surface area contributed by atoms with Gasteiger partial charge in [0.15, 0.2) is 0 Å². The Morgan fingerprint density at radius 1 is 1.58 bits per heavy atom. The number of sulfonamides is 1. The van der Waals surface area contributed by atoms with Crippen LogP contribution in [0.2, 0.25) is 0 Å². The van der Waals surface area contributed by atoms with Gasteiger partial charge in [0, 0.05) is 25.8 Å². The van der Waals surface area contributed by atoms with Gasteiger partial charge in [0.2, 0.25) is 10.0 Å². The molecule has 0 fully saturated rings. The lowest BCUT2D eigenvalue weighted by atomic mass is 10.3. The van der Waals surface area contributed by atoms with Crippen molar-refractivity contribution in [3.8, 4) is 0 Å². The summed E-state index contributed by atoms with van der Waals surface area (Å²) >= 11 is 1.71. The van der Waals surface area contributed by atoms with Crippen molar-refractivity contribution in [3.63, 3.8) is 0 Å². The highest BCUT2D eigenvalue weighted by atomic mass is 32.2. The molecule has 0 saturated heterocycles. The Hall–Kier alpha value is -0.570. The van der Waals surface area contributed by atoms with Crippen molar-refractivity contribution in [2.24, 2.45) is 5.73 Å². The van der Waals surface area contributed by atoms with Crippen LogP contribution in [0.25, 0.3) is 0 Å². The first kappa shape index (κ1) is 16.5. The molecular weight excluding hydrogens is 284 g/mol. The summed E-state index contributed by atoms with van der Waals surface area (Å²) in [6, 6.07) is -0.0321. The highest BCUT2D eigenvalue weighted by molar-refractivity contribution is 7.98. The SMILES string of the molecule is CSCCC(C)N(C)S(=O)(=O)c1cnn(CCN)c1. The van der Waals surface area contributed by atoms with Crippen molar-refractivity contribution in [3.05, 3.63) is 12.4 Å². The Balaban J connectivity index is 2.83. The molecule has 1 unspecified atom stereocenters. The van der Waals surface area contributed by atoms with Crippen molar-refractivity contribution >= 4 is 21.8 Å². The summed E-state index contributed by atoms with van der Waals surface area (Å²) in [5.41, 5.74) is 5.42. The first-order chi connectivity index (χ1) is 8.93. The van der Waals surface area contributed by atoms with Gasteiger partial charge in [-0.2, -0.15) is 21.2 Å². The van der Waals surface area contributed by atoms with Gasteiger partial charge in [0.25, 0.3) is 0 Å². The van der Waals surface area contributed by atoms with E-state index in [0.717, 1.165) is 12.2 Å². The molecule has 0 saturated carbocycles. The standard InChI is InChI=1S/C11H22N4O2S2/c1-10(4-7-18-3)14(2)19(16,17)11-8-13-15(9-11)6-5-12/h8-10H,4-7,12H2,1-3H3. The van der Waals surface area contributed by atoms with E-state index in [1.807, 2.05) is 13.2 Å². The van der Waals surface area contributed by atoms with Crippen LogP contribution in [0.1, 0.15) is 13.3 Å². The molecule has 0 aliphatic heterocycles. The number of nitrogens with zero attached hydrogens (tertiary/aromatic N) is 3. The maximum absolute atomic E-state index is 12.4. The first-order valence-electron chi connectivity index (χ1n) is 6.13. The minimum atomic E-state index is -3.47. The molecule has 0 aliphatic rings. The number of hydrogen-bond acceptors (Lipinski definition) is 5. The zero-order chi connectivity index (χ0) is 14.5. The van der Waals surface area contributed by atoms with Gasteiger partial charge in [-0.25, -0.2) is 8.42 Å². The largest absolute Gasteiger partial charge is 0.329 e. The smallest absolute Gasteiger partial charge is 0.246 e. The Morgan fingerprint density at radius 3 is 2.84 bits per heavy atom. The number of aromatic nitrogens is 2. The Kier molecular flexibility index (Phi) is 6.31. The fourth-order valence-electron chi connectivity index (χ4n) is 1.61. The lowest BCUT2D eigenvalue weighted by Gasteiger charge is -2.23. The molecule has 1 aromatic rings. The molecule has 1 atom stereocenters. The second-order valence-electron chi connectivity index (χ2n) is 4.38. The lowest BCUT2D eigenvalue weighted by Crippen LogP contribution is -2.35. The number of nitrogens with two attached hydrogens (primary N) is 1. The molecule has 1 aromatic heterocycles. The maximum Gasteiger partial charge on any atom is 0.246 e. The van der Waals surface area contributed by atoms with E-state index in [4.69, 9.17) is 5.73 Å². The number of thioether (sulfide) groups is 1. The van der Waals surface area contributed by atoms with Crippen molar-refractivity contribution in [2.45, 2.75) is 30.8 Å². The second kappa shape index (κ2) is 7.28. The van der Waals surface area contributed by atoms with Crippen LogP contribution in [0.4, 0.5) is 0 Å². The quantitative estimate of drug-likeness (QED) is 0.761. The van der Waals surface area contributed by atoms with Crippen molar-refractivity contribution < 1.29 is 8.42 Å². The maximum atomic E-state index is 12.4. The van der Waals surface area contributed by atoms with Gasteiger partial charge < -0.3 is 5.73 Å². The van der Waals surface area contributed by atoms with Crippen LogP contribution in [0.5, 0.6) is 0 Å². The molecule has 110 valence electrons. The summed E-state index contributed by atoms with van der Waals surface area (Å²) in [5, 5.41) is 4.00. The average Bonchev–Trinajstić information content (AvgIpc) is 2.84. The van der Waals surface area contributed by atoms with Gasteiger partial charge >= 0.3 is 0 Å². The summed E-state index contributed by atoms with van der Waals surface area (Å²) in [6.45, 7) is 2.86. The summed E-state index contributed by atoms with van der Waals surface area (Å²) in [7, 11) is -1.85. The minimum Gasteiger partial charge on any atom is -0.329 e. The zero-order valence-electron chi connectivity index (χ0n) is 11.6. The van der Waals surface area contributed by atoms with Gasteiger partial charge in [-0.05, 0) is 25.4 Å². The third-order valence-electron chi connectivity index (χ3n) is 3.01. The third kappa shape index (κ3) is 4.20. The Bertz CT molecular complexity index is 487. The van der Waals surface area contributed by atoms with Gasteiger partial charge in [0.05, 0.1) is 12.7 Å². The van der Waals surface area contributed by atoms with Crippen LogP contribution >= 0.6 is 11.8 Å². The van der Waals surface area contributed by atoms with E-state index >= 15 is 0 Å². The molecule has 0 aliphatic carbocycles. The molecule has 0 radical (unpaired) electrons. The molecule has 2 N–H and O–H groups in total. The predicted molar refractivity (Wildman–Crippen MR) is 78.7 cm³/mol.